The van der Waals surface area contributed by atoms with E-state index in [-0.39, 0.29) is 5.84 Å². The average molecular weight is 179 g/mol. The van der Waals surface area contributed by atoms with Gasteiger partial charge in [0.2, 0.25) is 0 Å². The summed E-state index contributed by atoms with van der Waals surface area (Å²) in [4.78, 5) is 0. The first kappa shape index (κ1) is 9.54. The second kappa shape index (κ2) is 4.47. The zero-order chi connectivity index (χ0) is 9.68. The number of nitrogens with zero attached hydrogens (tertiary/aromatic N) is 1. The standard InChI is InChI=1S/C9H13N3O/c1-11-6-7-3-2-4-8(5-7)9(10)12-13/h2-5,11,13H,6H2,1H3,(H2,10,12). The van der Waals surface area contributed by atoms with Crippen LogP contribution in [0.15, 0.2) is 29.4 Å². The SMILES string of the molecule is CNCc1cccc(C(N)=NO)c1. The maximum atomic E-state index is 8.46. The van der Waals surface area contributed by atoms with Crippen LogP contribution in [0, 0.1) is 0 Å². The molecule has 1 rings (SSSR count). The molecule has 0 amide bonds. The van der Waals surface area contributed by atoms with E-state index in [1.54, 1.807) is 6.07 Å². The minimum Gasteiger partial charge on any atom is -0.409 e. The van der Waals surface area contributed by atoms with Gasteiger partial charge in [0.25, 0.3) is 0 Å². The summed E-state index contributed by atoms with van der Waals surface area (Å²) in [6.07, 6.45) is 0. The number of benzene rings is 1. The molecule has 0 saturated heterocycles. The highest BCUT2D eigenvalue weighted by molar-refractivity contribution is 5.97. The van der Waals surface area contributed by atoms with E-state index in [2.05, 4.69) is 10.5 Å². The van der Waals surface area contributed by atoms with Crippen LogP contribution in [-0.4, -0.2) is 18.1 Å². The van der Waals surface area contributed by atoms with Gasteiger partial charge in [-0.05, 0) is 18.7 Å². The Labute approximate surface area is 77.1 Å². The highest BCUT2D eigenvalue weighted by Gasteiger charge is 1.99. The number of amidine groups is 1. The monoisotopic (exact) mass is 179 g/mol. The van der Waals surface area contributed by atoms with Gasteiger partial charge in [-0.2, -0.15) is 0 Å². The first-order valence-corrected chi connectivity index (χ1v) is 3.99. The Morgan fingerprint density at radius 2 is 2.38 bits per heavy atom. The fraction of sp³-hybridized carbons (Fsp3) is 0.222. The van der Waals surface area contributed by atoms with Crippen LogP contribution in [-0.2, 0) is 6.54 Å². The number of nitrogens with two attached hydrogens (primary N) is 1. The summed E-state index contributed by atoms with van der Waals surface area (Å²) < 4.78 is 0. The van der Waals surface area contributed by atoms with Crippen LogP contribution in [0.2, 0.25) is 0 Å². The fourth-order valence-electron chi connectivity index (χ4n) is 1.10. The Morgan fingerprint density at radius 1 is 1.62 bits per heavy atom. The first-order chi connectivity index (χ1) is 6.27. The zero-order valence-corrected chi connectivity index (χ0v) is 7.49. The normalized spacial score (nSPS) is 11.6. The third-order valence-electron chi connectivity index (χ3n) is 1.71. The predicted octanol–water partition coefficient (Wildman–Crippen LogP) is 0.500. The van der Waals surface area contributed by atoms with Crippen molar-refractivity contribution in [1.29, 1.82) is 0 Å². The number of rotatable bonds is 3. The lowest BCUT2D eigenvalue weighted by Gasteiger charge is -2.02. The second-order valence-corrected chi connectivity index (χ2v) is 2.72. The van der Waals surface area contributed by atoms with Crippen molar-refractivity contribution in [3.63, 3.8) is 0 Å². The molecule has 0 atom stereocenters. The van der Waals surface area contributed by atoms with Crippen molar-refractivity contribution in [3.05, 3.63) is 35.4 Å². The maximum absolute atomic E-state index is 8.46. The molecular formula is C9H13N3O. The second-order valence-electron chi connectivity index (χ2n) is 2.72. The Bertz CT molecular complexity index is 309. The Balaban J connectivity index is 2.91. The lowest BCUT2D eigenvalue weighted by atomic mass is 10.1. The number of oxime groups is 1. The largest absolute Gasteiger partial charge is 0.409 e. The first-order valence-electron chi connectivity index (χ1n) is 3.99. The molecule has 4 heteroatoms. The van der Waals surface area contributed by atoms with Gasteiger partial charge in [0.1, 0.15) is 0 Å². The predicted molar refractivity (Wildman–Crippen MR) is 51.7 cm³/mol. The third-order valence-corrected chi connectivity index (χ3v) is 1.71. The zero-order valence-electron chi connectivity index (χ0n) is 7.49. The van der Waals surface area contributed by atoms with Crippen molar-refractivity contribution in [1.82, 2.24) is 5.32 Å². The van der Waals surface area contributed by atoms with Crippen LogP contribution in [0.25, 0.3) is 0 Å². The lowest BCUT2D eigenvalue weighted by Crippen LogP contribution is -2.14. The van der Waals surface area contributed by atoms with Crippen LogP contribution in [0.3, 0.4) is 0 Å². The van der Waals surface area contributed by atoms with Crippen LogP contribution >= 0.6 is 0 Å². The van der Waals surface area contributed by atoms with E-state index in [4.69, 9.17) is 10.9 Å². The highest BCUT2D eigenvalue weighted by atomic mass is 16.4. The van der Waals surface area contributed by atoms with Crippen molar-refractivity contribution in [3.8, 4) is 0 Å². The molecule has 0 radical (unpaired) electrons. The minimum atomic E-state index is 0.137. The van der Waals surface area contributed by atoms with Crippen LogP contribution in [0.4, 0.5) is 0 Å². The molecule has 0 spiro atoms. The molecule has 0 aliphatic heterocycles. The van der Waals surface area contributed by atoms with Crippen molar-refractivity contribution in [2.24, 2.45) is 10.9 Å². The summed E-state index contributed by atoms with van der Waals surface area (Å²) in [5, 5.41) is 14.4. The van der Waals surface area contributed by atoms with Crippen molar-refractivity contribution in [2.45, 2.75) is 6.54 Å². The molecule has 0 aromatic heterocycles. The van der Waals surface area contributed by atoms with Crippen molar-refractivity contribution < 1.29 is 5.21 Å². The number of hydrogen-bond acceptors (Lipinski definition) is 3. The van der Waals surface area contributed by atoms with E-state index in [0.29, 0.717) is 0 Å². The van der Waals surface area contributed by atoms with E-state index in [9.17, 15) is 0 Å². The van der Waals surface area contributed by atoms with Gasteiger partial charge in [-0.25, -0.2) is 0 Å². The average Bonchev–Trinajstić information content (AvgIpc) is 2.18. The molecule has 0 unspecified atom stereocenters. The summed E-state index contributed by atoms with van der Waals surface area (Å²) in [5.74, 6) is 0.137. The fourth-order valence-corrected chi connectivity index (χ4v) is 1.10. The van der Waals surface area contributed by atoms with Gasteiger partial charge in [-0.1, -0.05) is 23.4 Å². The molecular weight excluding hydrogens is 166 g/mol. The summed E-state index contributed by atoms with van der Waals surface area (Å²) in [7, 11) is 1.87. The Morgan fingerprint density at radius 3 is 3.00 bits per heavy atom. The molecule has 0 saturated carbocycles. The molecule has 4 N–H and O–H groups in total. The summed E-state index contributed by atoms with van der Waals surface area (Å²) in [6.45, 7) is 0.770. The Hall–Kier alpha value is -1.55. The molecule has 0 aliphatic rings. The molecule has 0 aliphatic carbocycles. The molecule has 4 nitrogen and oxygen atoms in total. The topological polar surface area (TPSA) is 70.6 Å². The van der Waals surface area contributed by atoms with Crippen LogP contribution in [0.5, 0.6) is 0 Å². The van der Waals surface area contributed by atoms with Gasteiger partial charge >= 0.3 is 0 Å². The van der Waals surface area contributed by atoms with Gasteiger partial charge in [0.15, 0.2) is 5.84 Å². The van der Waals surface area contributed by atoms with E-state index < -0.39 is 0 Å². The molecule has 0 fully saturated rings. The quantitative estimate of drug-likeness (QED) is 0.274. The molecule has 1 aromatic carbocycles. The number of hydrogen-bond donors (Lipinski definition) is 3. The van der Waals surface area contributed by atoms with Gasteiger partial charge in [0, 0.05) is 12.1 Å². The maximum Gasteiger partial charge on any atom is 0.170 e. The van der Waals surface area contributed by atoms with E-state index in [1.165, 1.54) is 0 Å². The van der Waals surface area contributed by atoms with E-state index in [1.807, 2.05) is 25.2 Å². The Kier molecular flexibility index (Phi) is 3.28. The van der Waals surface area contributed by atoms with Gasteiger partial charge in [-0.15, -0.1) is 0 Å². The molecule has 0 heterocycles. The molecule has 0 bridgehead atoms. The van der Waals surface area contributed by atoms with Crippen LogP contribution < -0.4 is 11.1 Å². The van der Waals surface area contributed by atoms with Crippen molar-refractivity contribution >= 4 is 5.84 Å². The molecule has 1 aromatic rings. The number of nitrogens with one attached hydrogen (secondary N) is 1. The smallest absolute Gasteiger partial charge is 0.170 e. The summed E-state index contributed by atoms with van der Waals surface area (Å²) in [6, 6.07) is 7.53. The minimum absolute atomic E-state index is 0.137. The summed E-state index contributed by atoms with van der Waals surface area (Å²) >= 11 is 0. The third kappa shape index (κ3) is 2.45. The highest BCUT2D eigenvalue weighted by Crippen LogP contribution is 2.04. The molecule has 70 valence electrons. The molecule has 13 heavy (non-hydrogen) atoms. The van der Waals surface area contributed by atoms with Crippen molar-refractivity contribution in [2.75, 3.05) is 7.05 Å². The van der Waals surface area contributed by atoms with Crippen LogP contribution in [0.1, 0.15) is 11.1 Å². The van der Waals surface area contributed by atoms with Gasteiger partial charge < -0.3 is 16.3 Å². The van der Waals surface area contributed by atoms with E-state index in [0.717, 1.165) is 17.7 Å². The lowest BCUT2D eigenvalue weighted by molar-refractivity contribution is 0.318. The van der Waals surface area contributed by atoms with Gasteiger partial charge in [0.05, 0.1) is 0 Å². The van der Waals surface area contributed by atoms with E-state index >= 15 is 0 Å². The van der Waals surface area contributed by atoms with Gasteiger partial charge in [-0.3, -0.25) is 0 Å². The summed E-state index contributed by atoms with van der Waals surface area (Å²) in [5.41, 5.74) is 7.27.